The van der Waals surface area contributed by atoms with Gasteiger partial charge in [-0.3, -0.25) is 10.1 Å². The fourth-order valence-electron chi connectivity index (χ4n) is 1.68. The van der Waals surface area contributed by atoms with Gasteiger partial charge in [0, 0.05) is 11.0 Å². The first kappa shape index (κ1) is 14.3. The number of benzene rings is 2. The molecule has 0 fully saturated rings. The van der Waals surface area contributed by atoms with E-state index in [-0.39, 0.29) is 29.5 Å². The number of hydrogen-bond donors (Lipinski definition) is 2. The van der Waals surface area contributed by atoms with Crippen LogP contribution in [0.3, 0.4) is 0 Å². The summed E-state index contributed by atoms with van der Waals surface area (Å²) in [4.78, 5) is 10.3. The van der Waals surface area contributed by atoms with E-state index in [1.807, 2.05) is 0 Å². The lowest BCUT2D eigenvalue weighted by atomic mass is 10.2. The molecule has 2 aromatic carbocycles. The van der Waals surface area contributed by atoms with Crippen LogP contribution in [0.5, 0.6) is 5.75 Å². The van der Waals surface area contributed by atoms with E-state index in [2.05, 4.69) is 21.2 Å². The molecule has 0 aromatic heterocycles. The maximum absolute atomic E-state index is 13.0. The number of nitrogens with one attached hydrogen (secondary N) is 1. The molecule has 2 N–H and O–H groups in total. The summed E-state index contributed by atoms with van der Waals surface area (Å²) >= 11 is 3.23. The van der Waals surface area contributed by atoms with Crippen LogP contribution in [0.15, 0.2) is 40.9 Å². The van der Waals surface area contributed by atoms with E-state index >= 15 is 0 Å². The van der Waals surface area contributed by atoms with E-state index in [1.54, 1.807) is 6.07 Å². The number of halogens is 2. The fourth-order valence-corrected chi connectivity index (χ4v) is 2.17. The Morgan fingerprint density at radius 1 is 1.30 bits per heavy atom. The van der Waals surface area contributed by atoms with Gasteiger partial charge in [-0.15, -0.1) is 0 Å². The molecule has 104 valence electrons. The highest BCUT2D eigenvalue weighted by Crippen LogP contribution is 2.29. The molecule has 0 atom stereocenters. The van der Waals surface area contributed by atoms with E-state index in [1.165, 1.54) is 24.3 Å². The summed E-state index contributed by atoms with van der Waals surface area (Å²) in [6.45, 7) is 0.284. The molecule has 0 aliphatic heterocycles. The average molecular weight is 341 g/mol. The summed E-state index contributed by atoms with van der Waals surface area (Å²) < 4.78 is 13.5. The number of phenolic OH excluding ortho intramolecular Hbond substituents is 1. The zero-order valence-electron chi connectivity index (χ0n) is 10.1. The largest absolute Gasteiger partial charge is 0.508 e. The van der Waals surface area contributed by atoms with Crippen molar-refractivity contribution in [2.24, 2.45) is 0 Å². The van der Waals surface area contributed by atoms with Crippen LogP contribution in [0, 0.1) is 15.9 Å². The van der Waals surface area contributed by atoms with E-state index in [0.717, 1.165) is 11.6 Å². The maximum atomic E-state index is 13.0. The summed E-state index contributed by atoms with van der Waals surface area (Å²) in [5, 5.41) is 23.1. The Morgan fingerprint density at radius 3 is 2.70 bits per heavy atom. The van der Waals surface area contributed by atoms with Gasteiger partial charge in [-0.25, -0.2) is 4.39 Å². The zero-order chi connectivity index (χ0) is 14.7. The van der Waals surface area contributed by atoms with Gasteiger partial charge in [-0.05, 0) is 29.8 Å². The lowest BCUT2D eigenvalue weighted by molar-refractivity contribution is -0.384. The number of aromatic hydroxyl groups is 1. The van der Waals surface area contributed by atoms with Crippen LogP contribution in [0.25, 0.3) is 0 Å². The highest BCUT2D eigenvalue weighted by Gasteiger charge is 2.14. The first-order chi connectivity index (χ1) is 9.47. The number of hydrogen-bond acceptors (Lipinski definition) is 4. The molecular weight excluding hydrogens is 331 g/mol. The monoisotopic (exact) mass is 340 g/mol. The number of nitrogens with zero attached hydrogens (tertiary/aromatic N) is 1. The molecule has 0 saturated carbocycles. The fraction of sp³-hybridized carbons (Fsp3) is 0.0769. The molecule has 0 aliphatic rings. The Hall–Kier alpha value is -2.15. The molecule has 0 aliphatic carbocycles. The minimum Gasteiger partial charge on any atom is -0.508 e. The van der Waals surface area contributed by atoms with E-state index in [4.69, 9.17) is 0 Å². The van der Waals surface area contributed by atoms with Crippen molar-refractivity contribution < 1.29 is 14.4 Å². The van der Waals surface area contributed by atoms with Crippen molar-refractivity contribution in [1.82, 2.24) is 0 Å². The molecule has 0 heterocycles. The Bertz CT molecular complexity index is 664. The summed E-state index contributed by atoms with van der Waals surface area (Å²) in [7, 11) is 0. The van der Waals surface area contributed by atoms with Crippen LogP contribution in [0.2, 0.25) is 0 Å². The van der Waals surface area contributed by atoms with E-state index < -0.39 is 4.92 Å². The molecule has 20 heavy (non-hydrogen) atoms. The van der Waals surface area contributed by atoms with Crippen LogP contribution in [-0.2, 0) is 6.54 Å². The van der Waals surface area contributed by atoms with Gasteiger partial charge in [-0.2, -0.15) is 0 Å². The molecule has 2 aromatic rings. The van der Waals surface area contributed by atoms with Gasteiger partial charge in [0.1, 0.15) is 17.3 Å². The average Bonchev–Trinajstić information content (AvgIpc) is 2.38. The number of nitro groups is 1. The van der Waals surface area contributed by atoms with Crippen LogP contribution in [0.1, 0.15) is 5.56 Å². The van der Waals surface area contributed by atoms with Crippen LogP contribution in [0.4, 0.5) is 15.8 Å². The molecule has 0 saturated heterocycles. The number of anilines is 1. The van der Waals surface area contributed by atoms with Gasteiger partial charge in [-0.1, -0.05) is 22.0 Å². The SMILES string of the molecule is O=[N+]([O-])c1cc(O)ccc1NCc1ccc(F)cc1Br. The van der Waals surface area contributed by atoms with Crippen LogP contribution >= 0.6 is 15.9 Å². The second-order valence-electron chi connectivity index (χ2n) is 4.05. The lowest BCUT2D eigenvalue weighted by Crippen LogP contribution is -2.03. The highest BCUT2D eigenvalue weighted by atomic mass is 79.9. The topological polar surface area (TPSA) is 75.4 Å². The van der Waals surface area contributed by atoms with Crippen molar-refractivity contribution >= 4 is 27.3 Å². The highest BCUT2D eigenvalue weighted by molar-refractivity contribution is 9.10. The van der Waals surface area contributed by atoms with Crippen molar-refractivity contribution in [1.29, 1.82) is 0 Å². The lowest BCUT2D eigenvalue weighted by Gasteiger charge is -2.09. The first-order valence-electron chi connectivity index (χ1n) is 5.62. The maximum Gasteiger partial charge on any atom is 0.296 e. The molecule has 0 spiro atoms. The van der Waals surface area contributed by atoms with Gasteiger partial charge < -0.3 is 10.4 Å². The van der Waals surface area contributed by atoms with Crippen molar-refractivity contribution in [3.05, 3.63) is 62.4 Å². The van der Waals surface area contributed by atoms with Gasteiger partial charge in [0.15, 0.2) is 0 Å². The van der Waals surface area contributed by atoms with Gasteiger partial charge in [0.05, 0.1) is 11.0 Å². The zero-order valence-corrected chi connectivity index (χ0v) is 11.7. The molecule has 0 bridgehead atoms. The van der Waals surface area contributed by atoms with Crippen LogP contribution in [-0.4, -0.2) is 10.0 Å². The molecular formula is C13H10BrFN2O3. The first-order valence-corrected chi connectivity index (χ1v) is 6.42. The quantitative estimate of drug-likeness (QED) is 0.504. The Labute approximate surface area is 122 Å². The predicted octanol–water partition coefficient (Wildman–Crippen LogP) is 3.81. The number of nitro benzene ring substituents is 1. The Balaban J connectivity index is 2.20. The van der Waals surface area contributed by atoms with Crippen molar-refractivity contribution in [3.8, 4) is 5.75 Å². The van der Waals surface area contributed by atoms with Gasteiger partial charge in [0.2, 0.25) is 0 Å². The summed E-state index contributed by atoms with van der Waals surface area (Å²) in [6, 6.07) is 8.07. The second-order valence-corrected chi connectivity index (χ2v) is 4.90. The summed E-state index contributed by atoms with van der Waals surface area (Å²) in [5.74, 6) is -0.540. The summed E-state index contributed by atoms with van der Waals surface area (Å²) in [6.07, 6.45) is 0. The van der Waals surface area contributed by atoms with Crippen molar-refractivity contribution in [2.75, 3.05) is 5.32 Å². The minimum absolute atomic E-state index is 0.176. The Kier molecular flexibility index (Phi) is 4.19. The molecule has 0 radical (unpaired) electrons. The predicted molar refractivity (Wildman–Crippen MR) is 76.2 cm³/mol. The minimum atomic E-state index is -0.582. The smallest absolute Gasteiger partial charge is 0.296 e. The number of phenols is 1. The molecule has 5 nitrogen and oxygen atoms in total. The van der Waals surface area contributed by atoms with Crippen molar-refractivity contribution in [3.63, 3.8) is 0 Å². The van der Waals surface area contributed by atoms with Gasteiger partial charge >= 0.3 is 0 Å². The summed E-state index contributed by atoms with van der Waals surface area (Å²) in [5.41, 5.74) is 0.820. The van der Waals surface area contributed by atoms with Crippen molar-refractivity contribution in [2.45, 2.75) is 6.54 Å². The third-order valence-electron chi connectivity index (χ3n) is 2.66. The molecule has 0 unspecified atom stereocenters. The Morgan fingerprint density at radius 2 is 2.05 bits per heavy atom. The van der Waals surface area contributed by atoms with E-state index in [0.29, 0.717) is 4.47 Å². The standard InChI is InChI=1S/C13H10BrFN2O3/c14-11-5-9(15)2-1-8(11)7-16-12-4-3-10(18)6-13(12)17(19)20/h1-6,16,18H,7H2. The third-order valence-corrected chi connectivity index (χ3v) is 3.40. The van der Waals surface area contributed by atoms with E-state index in [9.17, 15) is 19.6 Å². The third kappa shape index (κ3) is 3.24. The molecule has 2 rings (SSSR count). The van der Waals surface area contributed by atoms with Crippen LogP contribution < -0.4 is 5.32 Å². The van der Waals surface area contributed by atoms with Gasteiger partial charge in [0.25, 0.3) is 5.69 Å². The number of rotatable bonds is 4. The molecule has 7 heteroatoms. The molecule has 0 amide bonds. The normalized spacial score (nSPS) is 10.3. The second kappa shape index (κ2) is 5.87.